The number of aliphatic hydroxyl groups excluding tert-OH is 1. The van der Waals surface area contributed by atoms with Crippen LogP contribution < -0.4 is 14.9 Å². The number of piperidine rings is 1. The molecule has 1 spiro atoms. The van der Waals surface area contributed by atoms with Gasteiger partial charge in [-0.05, 0) is 93.7 Å². The predicted octanol–water partition coefficient (Wildman–Crippen LogP) is 7.52. The molecule has 1 saturated carbocycles. The average Bonchev–Trinajstić information content (AvgIpc) is 3.73. The van der Waals surface area contributed by atoms with Gasteiger partial charge in [0.1, 0.15) is 5.82 Å². The number of nitrogens with zero attached hydrogens (tertiary/aromatic N) is 2. The number of ether oxygens (including phenoxy) is 1. The molecule has 2 heterocycles. The zero-order valence-corrected chi connectivity index (χ0v) is 26.8. The van der Waals surface area contributed by atoms with E-state index in [4.69, 9.17) is 9.84 Å². The Kier molecular flexibility index (Phi) is 18.4. The van der Waals surface area contributed by atoms with E-state index in [0.717, 1.165) is 73.9 Å². The van der Waals surface area contributed by atoms with Crippen LogP contribution >= 0.6 is 11.9 Å². The lowest BCUT2D eigenvalue weighted by atomic mass is 9.93. The Bertz CT molecular complexity index is 935. The molecule has 8 heteroatoms. The van der Waals surface area contributed by atoms with Crippen LogP contribution in [0.1, 0.15) is 87.8 Å². The Morgan fingerprint density at radius 1 is 1.05 bits per heavy atom. The van der Waals surface area contributed by atoms with Crippen molar-refractivity contribution in [3.63, 3.8) is 0 Å². The van der Waals surface area contributed by atoms with Crippen molar-refractivity contribution in [2.75, 3.05) is 60.6 Å². The van der Waals surface area contributed by atoms with Crippen molar-refractivity contribution in [1.82, 2.24) is 4.98 Å². The molecular formula is C32H54N4O3S. The molecule has 3 N–H and O–H groups in total. The summed E-state index contributed by atoms with van der Waals surface area (Å²) in [6.07, 6.45) is 8.51. The Hall–Kier alpha value is -2.29. The zero-order chi connectivity index (χ0) is 29.8. The SMILES string of the molecule is CC.CCCOCCC.CNc1cc(C)cc(C)n1.O=Cc1ccc(NSCCO)cc1N1CCC2(CC1)CC2. The normalized spacial score (nSPS) is 14.4. The summed E-state index contributed by atoms with van der Waals surface area (Å²) in [5.41, 5.74) is 5.74. The maximum absolute atomic E-state index is 11.3. The van der Waals surface area contributed by atoms with E-state index in [-0.39, 0.29) is 6.61 Å². The lowest BCUT2D eigenvalue weighted by Crippen LogP contribution is -2.35. The quantitative estimate of drug-likeness (QED) is 0.144. The number of carbonyl (C=O) groups is 1. The van der Waals surface area contributed by atoms with Gasteiger partial charge in [-0.3, -0.25) is 4.79 Å². The lowest BCUT2D eigenvalue weighted by Gasteiger charge is -2.34. The fourth-order valence-corrected chi connectivity index (χ4v) is 4.91. The van der Waals surface area contributed by atoms with Gasteiger partial charge in [0, 0.05) is 61.7 Å². The molecule has 0 unspecified atom stereocenters. The second-order valence-corrected chi connectivity index (χ2v) is 11.0. The van der Waals surface area contributed by atoms with E-state index >= 15 is 0 Å². The van der Waals surface area contributed by atoms with Crippen LogP contribution in [0.15, 0.2) is 30.3 Å². The third-order valence-corrected chi connectivity index (χ3v) is 7.48. The molecule has 40 heavy (non-hydrogen) atoms. The molecule has 0 radical (unpaired) electrons. The minimum atomic E-state index is 0.158. The summed E-state index contributed by atoms with van der Waals surface area (Å²) in [5, 5.41) is 11.8. The molecule has 0 bridgehead atoms. The summed E-state index contributed by atoms with van der Waals surface area (Å²) < 4.78 is 8.35. The second kappa shape index (κ2) is 20.6. The number of carbonyl (C=O) groups excluding carboxylic acids is 1. The Morgan fingerprint density at radius 3 is 2.20 bits per heavy atom. The smallest absolute Gasteiger partial charge is 0.152 e. The first-order valence-corrected chi connectivity index (χ1v) is 15.9. The Morgan fingerprint density at radius 2 is 1.70 bits per heavy atom. The molecule has 1 aliphatic carbocycles. The largest absolute Gasteiger partial charge is 0.395 e. The van der Waals surface area contributed by atoms with Gasteiger partial charge in [0.25, 0.3) is 0 Å². The first kappa shape index (κ1) is 35.7. The zero-order valence-electron chi connectivity index (χ0n) is 26.0. The molecule has 1 aromatic heterocycles. The van der Waals surface area contributed by atoms with Crippen LogP contribution in [0.4, 0.5) is 17.2 Å². The first-order valence-electron chi connectivity index (χ1n) is 14.9. The molecule has 2 fully saturated rings. The minimum absolute atomic E-state index is 0.158. The maximum atomic E-state index is 11.3. The van der Waals surface area contributed by atoms with Gasteiger partial charge < -0.3 is 24.8 Å². The van der Waals surface area contributed by atoms with E-state index < -0.39 is 0 Å². The van der Waals surface area contributed by atoms with E-state index in [9.17, 15) is 4.79 Å². The molecule has 226 valence electrons. The van der Waals surface area contributed by atoms with Crippen LogP contribution in [0.25, 0.3) is 0 Å². The van der Waals surface area contributed by atoms with E-state index in [0.29, 0.717) is 11.2 Å². The van der Waals surface area contributed by atoms with Crippen LogP contribution in [0.5, 0.6) is 0 Å². The van der Waals surface area contributed by atoms with Crippen LogP contribution in [0.3, 0.4) is 0 Å². The summed E-state index contributed by atoms with van der Waals surface area (Å²) in [6.45, 7) is 16.4. The van der Waals surface area contributed by atoms with Crippen molar-refractivity contribution < 1.29 is 14.6 Å². The minimum Gasteiger partial charge on any atom is -0.395 e. The Balaban J connectivity index is 0.000000350. The van der Waals surface area contributed by atoms with Crippen molar-refractivity contribution in [3.05, 3.63) is 47.2 Å². The third kappa shape index (κ3) is 13.4. The number of benzene rings is 1. The molecular weight excluding hydrogens is 520 g/mol. The van der Waals surface area contributed by atoms with Crippen LogP contribution in [-0.4, -0.2) is 62.1 Å². The molecule has 7 nitrogen and oxygen atoms in total. The molecule has 2 aromatic rings. The van der Waals surface area contributed by atoms with E-state index in [1.54, 1.807) is 0 Å². The summed E-state index contributed by atoms with van der Waals surface area (Å²) in [5.74, 6) is 1.59. The monoisotopic (exact) mass is 574 g/mol. The number of aliphatic hydroxyl groups is 1. The van der Waals surface area contributed by atoms with Crippen LogP contribution in [-0.2, 0) is 4.74 Å². The van der Waals surface area contributed by atoms with Gasteiger partial charge in [-0.2, -0.15) is 0 Å². The predicted molar refractivity (Wildman–Crippen MR) is 174 cm³/mol. The Labute approximate surface area is 248 Å². The third-order valence-electron chi connectivity index (χ3n) is 6.71. The highest BCUT2D eigenvalue weighted by Crippen LogP contribution is 2.54. The van der Waals surface area contributed by atoms with Gasteiger partial charge in [0.15, 0.2) is 6.29 Å². The standard InChI is InChI=1S/C16H22N2O2S.C8H12N2.C6H14O.C2H6/c19-9-10-21-17-14-2-1-13(12-20)15(11-14)18-7-5-16(3-4-16)6-8-18;1-6-4-7(2)10-8(5-6)9-3;1-3-5-7-6-4-2;1-2/h1-2,11-12,17,19H,3-10H2;4-5H,1-3H3,(H,9,10);3-6H2,1-2H3;1-2H3. The van der Waals surface area contributed by atoms with Gasteiger partial charge in [-0.15, -0.1) is 0 Å². The number of pyridine rings is 1. The molecule has 1 aliphatic heterocycles. The molecule has 4 rings (SSSR count). The van der Waals surface area contributed by atoms with Crippen molar-refractivity contribution in [3.8, 4) is 0 Å². The van der Waals surface area contributed by atoms with Gasteiger partial charge >= 0.3 is 0 Å². The number of hydrogen-bond donors (Lipinski definition) is 3. The highest BCUT2D eigenvalue weighted by atomic mass is 32.2. The number of anilines is 3. The highest BCUT2D eigenvalue weighted by molar-refractivity contribution is 8.00. The van der Waals surface area contributed by atoms with Crippen molar-refractivity contribution in [2.24, 2.45) is 5.41 Å². The number of nitrogens with one attached hydrogen (secondary N) is 2. The molecule has 0 amide bonds. The number of hydrogen-bond acceptors (Lipinski definition) is 8. The van der Waals surface area contributed by atoms with Crippen molar-refractivity contribution >= 4 is 35.4 Å². The first-order chi connectivity index (χ1) is 19.4. The number of aldehydes is 1. The number of aryl methyl sites for hydroxylation is 2. The summed E-state index contributed by atoms with van der Waals surface area (Å²) >= 11 is 1.48. The fraction of sp³-hybridized carbons (Fsp3) is 0.625. The van der Waals surface area contributed by atoms with Crippen LogP contribution in [0, 0.1) is 19.3 Å². The second-order valence-electron chi connectivity index (χ2n) is 10.1. The van der Waals surface area contributed by atoms with E-state index in [1.165, 1.54) is 43.2 Å². The van der Waals surface area contributed by atoms with E-state index in [2.05, 4.69) is 52.8 Å². The van der Waals surface area contributed by atoms with Gasteiger partial charge in [0.2, 0.25) is 0 Å². The van der Waals surface area contributed by atoms with Gasteiger partial charge in [0.05, 0.1) is 6.61 Å². The fourth-order valence-electron chi connectivity index (χ4n) is 4.42. The summed E-state index contributed by atoms with van der Waals surface area (Å²) in [4.78, 5) is 17.9. The molecule has 2 aliphatic rings. The topological polar surface area (TPSA) is 86.7 Å². The molecule has 0 atom stereocenters. The van der Waals surface area contributed by atoms with Crippen molar-refractivity contribution in [2.45, 2.75) is 80.1 Å². The van der Waals surface area contributed by atoms with E-state index in [1.807, 2.05) is 46.0 Å². The highest BCUT2D eigenvalue weighted by Gasteiger charge is 2.44. The van der Waals surface area contributed by atoms with Gasteiger partial charge in [-0.25, -0.2) is 4.98 Å². The van der Waals surface area contributed by atoms with Gasteiger partial charge in [-0.1, -0.05) is 39.6 Å². The average molecular weight is 575 g/mol. The van der Waals surface area contributed by atoms with Crippen LogP contribution in [0.2, 0.25) is 0 Å². The molecule has 1 saturated heterocycles. The summed E-state index contributed by atoms with van der Waals surface area (Å²) in [7, 11) is 1.88. The maximum Gasteiger partial charge on any atom is 0.152 e. The number of rotatable bonds is 11. The molecule has 1 aromatic carbocycles. The lowest BCUT2D eigenvalue weighted by molar-refractivity contribution is 0.112. The van der Waals surface area contributed by atoms with Crippen molar-refractivity contribution in [1.29, 1.82) is 0 Å². The number of aromatic nitrogens is 1. The summed E-state index contributed by atoms with van der Waals surface area (Å²) in [6, 6.07) is 9.93.